The lowest BCUT2D eigenvalue weighted by molar-refractivity contribution is -0.118. The highest BCUT2D eigenvalue weighted by atomic mass is 16.4. The van der Waals surface area contributed by atoms with Gasteiger partial charge >= 0.3 is 5.97 Å². The highest BCUT2D eigenvalue weighted by molar-refractivity contribution is 5.97. The van der Waals surface area contributed by atoms with E-state index < -0.39 is 5.97 Å². The number of carboxylic acids is 1. The minimum Gasteiger partial charge on any atom is -0.478 e. The maximum atomic E-state index is 12.2. The van der Waals surface area contributed by atoms with Gasteiger partial charge in [0.2, 0.25) is 5.91 Å². The van der Waals surface area contributed by atoms with Crippen LogP contribution in [0, 0.1) is 31.6 Å². The van der Waals surface area contributed by atoms with Gasteiger partial charge in [-0.15, -0.1) is 0 Å². The van der Waals surface area contributed by atoms with Crippen LogP contribution in [0.2, 0.25) is 0 Å². The molecule has 2 saturated carbocycles. The largest absolute Gasteiger partial charge is 0.478 e. The van der Waals surface area contributed by atoms with Gasteiger partial charge in [-0.05, 0) is 61.8 Å². The molecule has 0 bridgehead atoms. The van der Waals surface area contributed by atoms with Gasteiger partial charge in [0.1, 0.15) is 0 Å². The third-order valence-electron chi connectivity index (χ3n) is 4.87. The van der Waals surface area contributed by atoms with Crippen LogP contribution in [0.3, 0.4) is 0 Å². The second-order valence-electron chi connectivity index (χ2n) is 6.04. The van der Waals surface area contributed by atoms with Crippen molar-refractivity contribution in [2.24, 2.45) is 17.8 Å². The molecule has 2 aliphatic carbocycles. The molecule has 4 heteroatoms. The van der Waals surface area contributed by atoms with Crippen molar-refractivity contribution in [3.8, 4) is 0 Å². The van der Waals surface area contributed by atoms with Gasteiger partial charge in [-0.25, -0.2) is 4.79 Å². The van der Waals surface area contributed by atoms with Crippen LogP contribution in [-0.2, 0) is 4.79 Å². The first-order chi connectivity index (χ1) is 9.49. The Bertz CT molecular complexity index is 584. The molecule has 0 heterocycles. The number of fused-ring (bicyclic) bond motifs is 1. The first-order valence-corrected chi connectivity index (χ1v) is 7.14. The molecule has 106 valence electrons. The summed E-state index contributed by atoms with van der Waals surface area (Å²) >= 11 is 0. The standard InChI is InChI=1S/C16H19NO3/c1-8-6-10(7-13(9(8)2)16(19)20)17-15(18)14-11-4-3-5-12(11)14/h6-7,11-12,14H,3-5H2,1-2H3,(H,17,18)(H,19,20). The van der Waals surface area contributed by atoms with E-state index in [9.17, 15) is 14.7 Å². The molecule has 2 unspecified atom stereocenters. The number of amides is 1. The molecule has 0 saturated heterocycles. The van der Waals surface area contributed by atoms with E-state index in [2.05, 4.69) is 5.32 Å². The smallest absolute Gasteiger partial charge is 0.336 e. The number of nitrogens with one attached hydrogen (secondary N) is 1. The Morgan fingerprint density at radius 1 is 1.20 bits per heavy atom. The van der Waals surface area contributed by atoms with Gasteiger partial charge in [-0.3, -0.25) is 4.79 Å². The Labute approximate surface area is 118 Å². The van der Waals surface area contributed by atoms with E-state index >= 15 is 0 Å². The number of carbonyl (C=O) groups is 2. The van der Waals surface area contributed by atoms with Crippen LogP contribution >= 0.6 is 0 Å². The van der Waals surface area contributed by atoms with Crippen LogP contribution in [-0.4, -0.2) is 17.0 Å². The van der Waals surface area contributed by atoms with Gasteiger partial charge < -0.3 is 10.4 Å². The van der Waals surface area contributed by atoms with Crippen LogP contribution in [0.4, 0.5) is 5.69 Å². The Balaban J connectivity index is 1.77. The monoisotopic (exact) mass is 273 g/mol. The lowest BCUT2D eigenvalue weighted by atomic mass is 10.0. The van der Waals surface area contributed by atoms with E-state index in [1.807, 2.05) is 13.0 Å². The summed E-state index contributed by atoms with van der Waals surface area (Å²) < 4.78 is 0. The minimum atomic E-state index is -0.954. The molecule has 2 N–H and O–H groups in total. The van der Waals surface area contributed by atoms with Crippen LogP contribution in [0.1, 0.15) is 40.7 Å². The van der Waals surface area contributed by atoms with Crippen molar-refractivity contribution in [3.05, 3.63) is 28.8 Å². The number of rotatable bonds is 3. The summed E-state index contributed by atoms with van der Waals surface area (Å²) in [6.07, 6.45) is 3.57. The molecule has 1 aromatic rings. The van der Waals surface area contributed by atoms with Crippen LogP contribution in [0.25, 0.3) is 0 Å². The fraction of sp³-hybridized carbons (Fsp3) is 0.500. The maximum absolute atomic E-state index is 12.2. The quantitative estimate of drug-likeness (QED) is 0.889. The van der Waals surface area contributed by atoms with Crippen LogP contribution < -0.4 is 5.32 Å². The summed E-state index contributed by atoms with van der Waals surface area (Å²) in [6.45, 7) is 3.65. The molecule has 1 aromatic carbocycles. The highest BCUT2D eigenvalue weighted by Gasteiger charge is 2.56. The Morgan fingerprint density at radius 2 is 1.85 bits per heavy atom. The van der Waals surface area contributed by atoms with Crippen molar-refractivity contribution in [2.75, 3.05) is 5.32 Å². The minimum absolute atomic E-state index is 0.0549. The number of carboxylic acid groups (broad SMARTS) is 1. The molecule has 20 heavy (non-hydrogen) atoms. The SMILES string of the molecule is Cc1cc(NC(=O)C2C3CCCC32)cc(C(=O)O)c1C. The lowest BCUT2D eigenvalue weighted by Gasteiger charge is -2.11. The zero-order valence-electron chi connectivity index (χ0n) is 11.8. The average Bonchev–Trinajstić information content (AvgIpc) is 2.87. The van der Waals surface area contributed by atoms with Gasteiger partial charge in [0, 0.05) is 11.6 Å². The van der Waals surface area contributed by atoms with Gasteiger partial charge in [-0.1, -0.05) is 6.42 Å². The van der Waals surface area contributed by atoms with Crippen molar-refractivity contribution in [3.63, 3.8) is 0 Å². The number of aryl methyl sites for hydroxylation is 1. The molecule has 2 atom stereocenters. The van der Waals surface area contributed by atoms with E-state index in [1.54, 1.807) is 13.0 Å². The summed E-state index contributed by atoms with van der Waals surface area (Å²) in [6, 6.07) is 3.40. The fourth-order valence-corrected chi connectivity index (χ4v) is 3.59. The molecule has 0 aromatic heterocycles. The molecule has 1 amide bonds. The van der Waals surface area contributed by atoms with Gasteiger partial charge in [0.05, 0.1) is 5.56 Å². The second-order valence-corrected chi connectivity index (χ2v) is 6.04. The summed E-state index contributed by atoms with van der Waals surface area (Å²) in [7, 11) is 0. The van der Waals surface area contributed by atoms with Gasteiger partial charge in [-0.2, -0.15) is 0 Å². The van der Waals surface area contributed by atoms with Crippen molar-refractivity contribution in [1.29, 1.82) is 0 Å². The van der Waals surface area contributed by atoms with E-state index in [4.69, 9.17) is 0 Å². The van der Waals surface area contributed by atoms with E-state index in [0.29, 0.717) is 17.5 Å². The molecule has 2 fully saturated rings. The number of benzene rings is 1. The Morgan fingerprint density at radius 3 is 2.45 bits per heavy atom. The molecule has 3 rings (SSSR count). The summed E-state index contributed by atoms with van der Waals surface area (Å²) in [5, 5.41) is 12.1. The topological polar surface area (TPSA) is 66.4 Å². The van der Waals surface area contributed by atoms with E-state index in [-0.39, 0.29) is 17.4 Å². The second kappa shape index (κ2) is 4.62. The van der Waals surface area contributed by atoms with Crippen molar-refractivity contribution < 1.29 is 14.7 Å². The summed E-state index contributed by atoms with van der Waals surface area (Å²) in [4.78, 5) is 23.4. The molecule has 0 spiro atoms. The third-order valence-corrected chi connectivity index (χ3v) is 4.87. The fourth-order valence-electron chi connectivity index (χ4n) is 3.59. The highest BCUT2D eigenvalue weighted by Crippen LogP contribution is 2.57. The normalized spacial score (nSPS) is 27.0. The zero-order valence-corrected chi connectivity index (χ0v) is 11.8. The molecule has 0 aliphatic heterocycles. The number of carbonyl (C=O) groups excluding carboxylic acids is 1. The Kier molecular flexibility index (Phi) is 3.04. The molecular weight excluding hydrogens is 254 g/mol. The van der Waals surface area contributed by atoms with E-state index in [0.717, 1.165) is 24.0 Å². The number of aromatic carboxylic acids is 1. The average molecular weight is 273 g/mol. The number of anilines is 1. The first-order valence-electron chi connectivity index (χ1n) is 7.14. The van der Waals surface area contributed by atoms with Crippen molar-refractivity contribution in [2.45, 2.75) is 33.1 Å². The first kappa shape index (κ1) is 13.2. The lowest BCUT2D eigenvalue weighted by Crippen LogP contribution is -2.17. The van der Waals surface area contributed by atoms with Gasteiger partial charge in [0.15, 0.2) is 0 Å². The van der Waals surface area contributed by atoms with Gasteiger partial charge in [0.25, 0.3) is 0 Å². The van der Waals surface area contributed by atoms with Crippen molar-refractivity contribution in [1.82, 2.24) is 0 Å². The van der Waals surface area contributed by atoms with Crippen LogP contribution in [0.15, 0.2) is 12.1 Å². The van der Waals surface area contributed by atoms with Crippen LogP contribution in [0.5, 0.6) is 0 Å². The molecule has 0 radical (unpaired) electrons. The predicted octanol–water partition coefficient (Wildman–Crippen LogP) is 2.99. The molecule has 2 aliphatic rings. The Hall–Kier alpha value is -1.84. The number of hydrogen-bond donors (Lipinski definition) is 2. The van der Waals surface area contributed by atoms with E-state index in [1.165, 1.54) is 6.42 Å². The third kappa shape index (κ3) is 2.09. The molecule has 4 nitrogen and oxygen atoms in total. The summed E-state index contributed by atoms with van der Waals surface area (Å²) in [5.41, 5.74) is 2.49. The predicted molar refractivity (Wildman–Crippen MR) is 75.8 cm³/mol. The summed E-state index contributed by atoms with van der Waals surface area (Å²) in [5.74, 6) is 0.392. The number of hydrogen-bond acceptors (Lipinski definition) is 2. The molecular formula is C16H19NO3. The zero-order chi connectivity index (χ0) is 14.4. The van der Waals surface area contributed by atoms with Crippen molar-refractivity contribution >= 4 is 17.6 Å². The maximum Gasteiger partial charge on any atom is 0.336 e.